The zero-order valence-electron chi connectivity index (χ0n) is 15.4. The smallest absolute Gasteiger partial charge is 0.255 e. The van der Waals surface area contributed by atoms with Gasteiger partial charge in [-0.3, -0.25) is 9.59 Å². The van der Waals surface area contributed by atoms with Gasteiger partial charge in [-0.15, -0.1) is 0 Å². The SMILES string of the molecule is COCCOc1ccc(NC(=O)c2ccc(CN3CCCC3=O)cc2)cc1. The summed E-state index contributed by atoms with van der Waals surface area (Å²) in [5, 5.41) is 2.87. The van der Waals surface area contributed by atoms with Crippen molar-refractivity contribution in [3.8, 4) is 5.75 Å². The van der Waals surface area contributed by atoms with E-state index in [1.165, 1.54) is 0 Å². The molecule has 2 aromatic rings. The van der Waals surface area contributed by atoms with Crippen molar-refractivity contribution in [3.05, 3.63) is 59.7 Å². The van der Waals surface area contributed by atoms with Crippen LogP contribution in [0, 0.1) is 0 Å². The first-order valence-electron chi connectivity index (χ1n) is 9.05. The van der Waals surface area contributed by atoms with Crippen molar-refractivity contribution < 1.29 is 19.1 Å². The molecule has 1 N–H and O–H groups in total. The maximum Gasteiger partial charge on any atom is 0.255 e. The van der Waals surface area contributed by atoms with Crippen LogP contribution in [0.15, 0.2) is 48.5 Å². The predicted molar refractivity (Wildman–Crippen MR) is 103 cm³/mol. The first kappa shape index (κ1) is 18.9. The van der Waals surface area contributed by atoms with Gasteiger partial charge < -0.3 is 19.7 Å². The first-order valence-corrected chi connectivity index (χ1v) is 9.05. The third-order valence-electron chi connectivity index (χ3n) is 4.43. The fourth-order valence-corrected chi connectivity index (χ4v) is 2.93. The number of carbonyl (C=O) groups excluding carboxylic acids is 2. The van der Waals surface area contributed by atoms with Crippen molar-refractivity contribution in [1.29, 1.82) is 0 Å². The van der Waals surface area contributed by atoms with Crippen LogP contribution in [0.4, 0.5) is 5.69 Å². The Kier molecular flexibility index (Phi) is 6.44. The molecule has 27 heavy (non-hydrogen) atoms. The molecular weight excluding hydrogens is 344 g/mol. The van der Waals surface area contributed by atoms with E-state index in [2.05, 4.69) is 5.32 Å². The molecule has 6 heteroatoms. The highest BCUT2D eigenvalue weighted by molar-refractivity contribution is 6.04. The van der Waals surface area contributed by atoms with Gasteiger partial charge in [0.2, 0.25) is 5.91 Å². The van der Waals surface area contributed by atoms with Gasteiger partial charge in [0.1, 0.15) is 12.4 Å². The highest BCUT2D eigenvalue weighted by Gasteiger charge is 2.20. The Labute approximate surface area is 159 Å². The van der Waals surface area contributed by atoms with Crippen LogP contribution >= 0.6 is 0 Å². The highest BCUT2D eigenvalue weighted by Crippen LogP contribution is 2.18. The van der Waals surface area contributed by atoms with Gasteiger partial charge in [-0.2, -0.15) is 0 Å². The normalized spacial score (nSPS) is 13.7. The third-order valence-corrected chi connectivity index (χ3v) is 4.43. The fraction of sp³-hybridized carbons (Fsp3) is 0.333. The second-order valence-electron chi connectivity index (χ2n) is 6.44. The summed E-state index contributed by atoms with van der Waals surface area (Å²) >= 11 is 0. The van der Waals surface area contributed by atoms with E-state index in [9.17, 15) is 9.59 Å². The standard InChI is InChI=1S/C21H24N2O4/c1-26-13-14-27-19-10-8-18(9-11-19)22-21(25)17-6-4-16(5-7-17)15-23-12-2-3-20(23)24/h4-11H,2-3,12-15H2,1H3,(H,22,25). The minimum Gasteiger partial charge on any atom is -0.491 e. The molecule has 0 radical (unpaired) electrons. The van der Waals surface area contributed by atoms with Crippen molar-refractivity contribution in [2.45, 2.75) is 19.4 Å². The largest absolute Gasteiger partial charge is 0.491 e. The van der Waals surface area contributed by atoms with E-state index < -0.39 is 0 Å². The number of hydrogen-bond donors (Lipinski definition) is 1. The number of anilines is 1. The number of carbonyl (C=O) groups is 2. The number of benzene rings is 2. The molecule has 0 aromatic heterocycles. The van der Waals surface area contributed by atoms with Crippen molar-refractivity contribution >= 4 is 17.5 Å². The Bertz CT molecular complexity index is 772. The Morgan fingerprint density at radius 3 is 2.44 bits per heavy atom. The molecule has 0 aliphatic carbocycles. The van der Waals surface area contributed by atoms with Crippen LogP contribution in [0.5, 0.6) is 5.75 Å². The number of methoxy groups -OCH3 is 1. The van der Waals surface area contributed by atoms with Crippen LogP contribution in [0.1, 0.15) is 28.8 Å². The third kappa shape index (κ3) is 5.31. The summed E-state index contributed by atoms with van der Waals surface area (Å²) in [4.78, 5) is 25.9. The summed E-state index contributed by atoms with van der Waals surface area (Å²) in [5.74, 6) is 0.754. The van der Waals surface area contributed by atoms with E-state index in [0.29, 0.717) is 37.4 Å². The molecule has 1 saturated heterocycles. The minimum absolute atomic E-state index is 0.174. The molecule has 142 valence electrons. The molecule has 3 rings (SSSR count). The lowest BCUT2D eigenvalue weighted by molar-refractivity contribution is -0.128. The molecule has 0 atom stereocenters. The minimum atomic E-state index is -0.174. The van der Waals surface area contributed by atoms with Crippen LogP contribution in [0.25, 0.3) is 0 Å². The number of likely N-dealkylation sites (tertiary alicyclic amines) is 1. The van der Waals surface area contributed by atoms with Crippen LogP contribution in [0.2, 0.25) is 0 Å². The van der Waals surface area contributed by atoms with Crippen molar-refractivity contribution in [2.24, 2.45) is 0 Å². The van der Waals surface area contributed by atoms with Crippen LogP contribution in [-0.2, 0) is 16.1 Å². The summed E-state index contributed by atoms with van der Waals surface area (Å²) in [6.45, 7) is 2.43. The van der Waals surface area contributed by atoms with E-state index in [0.717, 1.165) is 24.3 Å². The number of nitrogens with zero attached hydrogens (tertiary/aromatic N) is 1. The van der Waals surface area contributed by atoms with Crippen molar-refractivity contribution in [3.63, 3.8) is 0 Å². The first-order chi connectivity index (χ1) is 13.2. The molecule has 0 bridgehead atoms. The van der Waals surface area contributed by atoms with Gasteiger partial charge >= 0.3 is 0 Å². The number of nitrogens with one attached hydrogen (secondary N) is 1. The maximum absolute atomic E-state index is 12.4. The molecule has 1 fully saturated rings. The Morgan fingerprint density at radius 2 is 1.81 bits per heavy atom. The van der Waals surface area contributed by atoms with Crippen LogP contribution in [-0.4, -0.2) is 43.6 Å². The van der Waals surface area contributed by atoms with E-state index in [1.54, 1.807) is 43.5 Å². The molecule has 1 heterocycles. The monoisotopic (exact) mass is 368 g/mol. The second kappa shape index (κ2) is 9.19. The van der Waals surface area contributed by atoms with Gasteiger partial charge in [0.15, 0.2) is 0 Å². The number of hydrogen-bond acceptors (Lipinski definition) is 4. The van der Waals surface area contributed by atoms with Gasteiger partial charge in [0.25, 0.3) is 5.91 Å². The van der Waals surface area contributed by atoms with Crippen molar-refractivity contribution in [2.75, 3.05) is 32.2 Å². The average molecular weight is 368 g/mol. The van der Waals surface area contributed by atoms with E-state index in [-0.39, 0.29) is 11.8 Å². The lowest BCUT2D eigenvalue weighted by Gasteiger charge is -2.15. The second-order valence-corrected chi connectivity index (χ2v) is 6.44. The summed E-state index contributed by atoms with van der Waals surface area (Å²) in [6, 6.07) is 14.6. The molecule has 0 unspecified atom stereocenters. The number of rotatable bonds is 8. The van der Waals surface area contributed by atoms with Crippen molar-refractivity contribution in [1.82, 2.24) is 4.90 Å². The molecule has 1 aliphatic rings. The van der Waals surface area contributed by atoms with E-state index in [4.69, 9.17) is 9.47 Å². The molecule has 2 aromatic carbocycles. The predicted octanol–water partition coefficient (Wildman–Crippen LogP) is 3.09. The zero-order valence-corrected chi connectivity index (χ0v) is 15.4. The molecule has 1 aliphatic heterocycles. The lowest BCUT2D eigenvalue weighted by Crippen LogP contribution is -2.23. The Hall–Kier alpha value is -2.86. The fourth-order valence-electron chi connectivity index (χ4n) is 2.93. The van der Waals surface area contributed by atoms with Gasteiger partial charge in [0.05, 0.1) is 6.61 Å². The highest BCUT2D eigenvalue weighted by atomic mass is 16.5. The Morgan fingerprint density at radius 1 is 1.07 bits per heavy atom. The van der Waals surface area contributed by atoms with Crippen LogP contribution < -0.4 is 10.1 Å². The van der Waals surface area contributed by atoms with Crippen LogP contribution in [0.3, 0.4) is 0 Å². The molecule has 6 nitrogen and oxygen atoms in total. The maximum atomic E-state index is 12.4. The number of amides is 2. The van der Waals surface area contributed by atoms with E-state index >= 15 is 0 Å². The van der Waals surface area contributed by atoms with Gasteiger partial charge in [-0.05, 0) is 48.4 Å². The van der Waals surface area contributed by atoms with Gasteiger partial charge in [-0.1, -0.05) is 12.1 Å². The number of ether oxygens (including phenoxy) is 2. The average Bonchev–Trinajstić information content (AvgIpc) is 3.08. The summed E-state index contributed by atoms with van der Waals surface area (Å²) in [6.07, 6.45) is 1.56. The molecular formula is C21H24N2O4. The topological polar surface area (TPSA) is 67.9 Å². The summed E-state index contributed by atoms with van der Waals surface area (Å²) in [7, 11) is 1.63. The molecule has 2 amide bonds. The lowest BCUT2D eigenvalue weighted by atomic mass is 10.1. The van der Waals surface area contributed by atoms with Gasteiger partial charge in [-0.25, -0.2) is 0 Å². The Balaban J connectivity index is 1.53. The summed E-state index contributed by atoms with van der Waals surface area (Å²) in [5.41, 5.74) is 2.30. The zero-order chi connectivity index (χ0) is 19.1. The quantitative estimate of drug-likeness (QED) is 0.727. The van der Waals surface area contributed by atoms with E-state index in [1.807, 2.05) is 17.0 Å². The molecule has 0 spiro atoms. The molecule has 0 saturated carbocycles. The summed E-state index contributed by atoms with van der Waals surface area (Å²) < 4.78 is 10.4. The van der Waals surface area contributed by atoms with Gasteiger partial charge in [0, 0.05) is 37.9 Å².